The van der Waals surface area contributed by atoms with Gasteiger partial charge < -0.3 is 4.79 Å². The molecular formula is C17H33NO. The van der Waals surface area contributed by atoms with Crippen molar-refractivity contribution in [1.29, 1.82) is 0 Å². The summed E-state index contributed by atoms with van der Waals surface area (Å²) in [6.45, 7) is 4.54. The van der Waals surface area contributed by atoms with E-state index in [0.717, 1.165) is 19.5 Å². The van der Waals surface area contributed by atoms with Crippen LogP contribution in [0.3, 0.4) is 0 Å². The van der Waals surface area contributed by atoms with Crippen LogP contribution < -0.4 is 0 Å². The van der Waals surface area contributed by atoms with Gasteiger partial charge >= 0.3 is 0 Å². The van der Waals surface area contributed by atoms with Crippen molar-refractivity contribution in [2.45, 2.75) is 90.0 Å². The van der Waals surface area contributed by atoms with Gasteiger partial charge in [-0.05, 0) is 32.4 Å². The van der Waals surface area contributed by atoms with E-state index in [-0.39, 0.29) is 6.04 Å². The van der Waals surface area contributed by atoms with Gasteiger partial charge in [0, 0.05) is 0 Å². The van der Waals surface area contributed by atoms with E-state index in [1.54, 1.807) is 0 Å². The minimum atomic E-state index is 0.215. The van der Waals surface area contributed by atoms with Gasteiger partial charge in [-0.15, -0.1) is 0 Å². The number of rotatable bonds is 10. The van der Waals surface area contributed by atoms with Gasteiger partial charge in [-0.1, -0.05) is 64.7 Å². The van der Waals surface area contributed by atoms with Crippen LogP contribution in [0.2, 0.25) is 0 Å². The molecule has 19 heavy (non-hydrogen) atoms. The molecule has 1 aliphatic heterocycles. The first-order chi connectivity index (χ1) is 9.38. The third-order valence-electron chi connectivity index (χ3n) is 4.37. The van der Waals surface area contributed by atoms with Crippen LogP contribution in [0.4, 0.5) is 0 Å². The molecule has 1 aliphatic rings. The fourth-order valence-electron chi connectivity index (χ4n) is 3.07. The first kappa shape index (κ1) is 16.7. The highest BCUT2D eigenvalue weighted by atomic mass is 16.1. The quantitative estimate of drug-likeness (QED) is 0.427. The van der Waals surface area contributed by atoms with Crippen molar-refractivity contribution >= 4 is 6.29 Å². The fourth-order valence-corrected chi connectivity index (χ4v) is 3.07. The Balaban J connectivity index is 2.02. The predicted octanol–water partition coefficient (Wildman–Crippen LogP) is 4.57. The van der Waals surface area contributed by atoms with Crippen LogP contribution in [0.5, 0.6) is 0 Å². The zero-order valence-corrected chi connectivity index (χ0v) is 12.9. The van der Waals surface area contributed by atoms with Crippen LogP contribution >= 0.6 is 0 Å². The Morgan fingerprint density at radius 2 is 1.63 bits per heavy atom. The van der Waals surface area contributed by atoms with Crippen LogP contribution in [0, 0.1) is 0 Å². The van der Waals surface area contributed by atoms with Crippen molar-refractivity contribution in [1.82, 2.24) is 4.90 Å². The molecule has 1 heterocycles. The third-order valence-corrected chi connectivity index (χ3v) is 4.37. The van der Waals surface area contributed by atoms with Gasteiger partial charge in [-0.2, -0.15) is 0 Å². The van der Waals surface area contributed by atoms with Crippen LogP contribution in [0.1, 0.15) is 84.0 Å². The third kappa shape index (κ3) is 7.71. The van der Waals surface area contributed by atoms with E-state index in [9.17, 15) is 4.79 Å². The molecular weight excluding hydrogens is 234 g/mol. The number of carbonyl (C=O) groups is 1. The lowest BCUT2D eigenvalue weighted by atomic mass is 10.1. The first-order valence-electron chi connectivity index (χ1n) is 8.58. The molecule has 0 saturated carbocycles. The van der Waals surface area contributed by atoms with E-state index in [1.165, 1.54) is 76.9 Å². The molecule has 1 atom stereocenters. The summed E-state index contributed by atoms with van der Waals surface area (Å²) in [6, 6.07) is 0.215. The van der Waals surface area contributed by atoms with Gasteiger partial charge in [0.05, 0.1) is 6.04 Å². The summed E-state index contributed by atoms with van der Waals surface area (Å²) < 4.78 is 0. The maximum absolute atomic E-state index is 11.1. The second-order valence-electron chi connectivity index (χ2n) is 6.06. The number of unbranched alkanes of at least 4 members (excludes halogenated alkanes) is 7. The number of likely N-dealkylation sites (tertiary alicyclic amines) is 1. The first-order valence-corrected chi connectivity index (χ1v) is 8.58. The standard InChI is InChI=1S/C17H33NO/c1-2-3-4-5-6-7-8-11-14-18-15-12-9-10-13-17(18)16-19/h16-17H,2-15H2,1H3. The highest BCUT2D eigenvalue weighted by molar-refractivity contribution is 5.57. The Hall–Kier alpha value is -0.370. The second-order valence-corrected chi connectivity index (χ2v) is 6.06. The number of aldehydes is 1. The number of hydrogen-bond donors (Lipinski definition) is 0. The molecule has 0 aromatic carbocycles. The van der Waals surface area contributed by atoms with Crippen molar-refractivity contribution in [3.05, 3.63) is 0 Å². The Morgan fingerprint density at radius 3 is 2.32 bits per heavy atom. The summed E-state index contributed by atoms with van der Waals surface area (Å²) >= 11 is 0. The molecule has 0 amide bonds. The number of nitrogens with zero attached hydrogens (tertiary/aromatic N) is 1. The van der Waals surface area contributed by atoms with Gasteiger partial charge in [-0.25, -0.2) is 0 Å². The van der Waals surface area contributed by atoms with Crippen molar-refractivity contribution in [3.63, 3.8) is 0 Å². The van der Waals surface area contributed by atoms with Gasteiger partial charge in [-0.3, -0.25) is 4.90 Å². The van der Waals surface area contributed by atoms with Crippen LogP contribution in [0.15, 0.2) is 0 Å². The highest BCUT2D eigenvalue weighted by Gasteiger charge is 2.19. The maximum atomic E-state index is 11.1. The molecule has 0 aliphatic carbocycles. The van der Waals surface area contributed by atoms with E-state index < -0.39 is 0 Å². The zero-order valence-electron chi connectivity index (χ0n) is 12.9. The highest BCUT2D eigenvalue weighted by Crippen LogP contribution is 2.16. The summed E-state index contributed by atoms with van der Waals surface area (Å²) in [6.07, 6.45) is 17.0. The van der Waals surface area contributed by atoms with Gasteiger partial charge in [0.15, 0.2) is 0 Å². The second kappa shape index (κ2) is 11.5. The van der Waals surface area contributed by atoms with Crippen molar-refractivity contribution in [3.8, 4) is 0 Å². The van der Waals surface area contributed by atoms with Gasteiger partial charge in [0.2, 0.25) is 0 Å². The molecule has 0 N–H and O–H groups in total. The normalized spacial score (nSPS) is 21.2. The van der Waals surface area contributed by atoms with E-state index >= 15 is 0 Å². The summed E-state index contributed by atoms with van der Waals surface area (Å²) in [5.74, 6) is 0. The van der Waals surface area contributed by atoms with E-state index in [0.29, 0.717) is 0 Å². The molecule has 1 unspecified atom stereocenters. The summed E-state index contributed by atoms with van der Waals surface area (Å²) in [5.41, 5.74) is 0. The van der Waals surface area contributed by atoms with E-state index in [4.69, 9.17) is 0 Å². The molecule has 0 radical (unpaired) electrons. The van der Waals surface area contributed by atoms with Crippen LogP contribution in [-0.2, 0) is 4.79 Å². The topological polar surface area (TPSA) is 20.3 Å². The SMILES string of the molecule is CCCCCCCCCCN1CCCCCC1C=O. The zero-order chi connectivity index (χ0) is 13.8. The molecule has 1 fully saturated rings. The Labute approximate surface area is 119 Å². The predicted molar refractivity (Wildman–Crippen MR) is 82.5 cm³/mol. The summed E-state index contributed by atoms with van der Waals surface area (Å²) in [5, 5.41) is 0. The molecule has 0 aromatic heterocycles. The number of carbonyl (C=O) groups excluding carboxylic acids is 1. The van der Waals surface area contributed by atoms with E-state index in [2.05, 4.69) is 11.8 Å². The van der Waals surface area contributed by atoms with Gasteiger partial charge in [0.1, 0.15) is 6.29 Å². The molecule has 2 nitrogen and oxygen atoms in total. The molecule has 0 bridgehead atoms. The van der Waals surface area contributed by atoms with Crippen molar-refractivity contribution in [2.24, 2.45) is 0 Å². The molecule has 1 saturated heterocycles. The Bertz CT molecular complexity index is 217. The van der Waals surface area contributed by atoms with Crippen molar-refractivity contribution < 1.29 is 4.79 Å². The lowest BCUT2D eigenvalue weighted by Crippen LogP contribution is -2.36. The fraction of sp³-hybridized carbons (Fsp3) is 0.941. The average molecular weight is 267 g/mol. The number of hydrogen-bond acceptors (Lipinski definition) is 2. The molecule has 0 spiro atoms. The molecule has 1 rings (SSSR count). The van der Waals surface area contributed by atoms with Crippen LogP contribution in [0.25, 0.3) is 0 Å². The Morgan fingerprint density at radius 1 is 0.947 bits per heavy atom. The largest absolute Gasteiger partial charge is 0.302 e. The maximum Gasteiger partial charge on any atom is 0.137 e. The lowest BCUT2D eigenvalue weighted by Gasteiger charge is -2.25. The summed E-state index contributed by atoms with van der Waals surface area (Å²) in [4.78, 5) is 13.5. The minimum absolute atomic E-state index is 0.215. The van der Waals surface area contributed by atoms with E-state index in [1.807, 2.05) is 0 Å². The Kier molecular flexibility index (Phi) is 10.1. The van der Waals surface area contributed by atoms with Crippen molar-refractivity contribution in [2.75, 3.05) is 13.1 Å². The van der Waals surface area contributed by atoms with Crippen LogP contribution in [-0.4, -0.2) is 30.3 Å². The smallest absolute Gasteiger partial charge is 0.137 e. The summed E-state index contributed by atoms with van der Waals surface area (Å²) in [7, 11) is 0. The monoisotopic (exact) mass is 267 g/mol. The molecule has 0 aromatic rings. The molecule has 112 valence electrons. The van der Waals surface area contributed by atoms with Gasteiger partial charge in [0.25, 0.3) is 0 Å². The lowest BCUT2D eigenvalue weighted by molar-refractivity contribution is -0.112. The average Bonchev–Trinajstić information content (AvgIpc) is 2.66. The molecule has 2 heteroatoms. The minimum Gasteiger partial charge on any atom is -0.302 e.